The Hall–Kier alpha value is -1.69. The number of hydrogen-bond acceptors (Lipinski definition) is 4. The first-order chi connectivity index (χ1) is 10.7. The Balaban J connectivity index is 2.28. The highest BCUT2D eigenvalue weighted by molar-refractivity contribution is 5.94. The molecule has 128 valence electrons. The molecular formula is C17H27N3O3. The minimum absolute atomic E-state index is 0.0695. The van der Waals surface area contributed by atoms with Gasteiger partial charge in [0.05, 0.1) is 11.8 Å². The number of amides is 1. The van der Waals surface area contributed by atoms with Crippen LogP contribution in [0.1, 0.15) is 62.4 Å². The first-order valence-electron chi connectivity index (χ1n) is 8.26. The van der Waals surface area contributed by atoms with Gasteiger partial charge in [-0.05, 0) is 26.7 Å². The topological polar surface area (TPSA) is 75.3 Å². The third-order valence-electron chi connectivity index (χ3n) is 4.14. The third-order valence-corrected chi connectivity index (χ3v) is 4.14. The van der Waals surface area contributed by atoms with Gasteiger partial charge in [0, 0.05) is 25.1 Å². The average Bonchev–Trinajstić information content (AvgIpc) is 2.95. The molecule has 6 nitrogen and oxygen atoms in total. The minimum atomic E-state index is -0.363. The van der Waals surface area contributed by atoms with Crippen LogP contribution in [0.5, 0.6) is 0 Å². The van der Waals surface area contributed by atoms with E-state index in [1.807, 2.05) is 27.7 Å². The lowest BCUT2D eigenvalue weighted by Gasteiger charge is -2.25. The fraction of sp³-hybridized carbons (Fsp3) is 0.706. The molecular weight excluding hydrogens is 294 g/mol. The monoisotopic (exact) mass is 321 g/mol. The van der Waals surface area contributed by atoms with Gasteiger partial charge in [0.15, 0.2) is 0 Å². The molecule has 1 aromatic rings. The molecule has 0 saturated carbocycles. The lowest BCUT2D eigenvalue weighted by atomic mass is 9.95. The molecule has 1 atom stereocenters. The molecule has 0 spiro atoms. The molecule has 1 aromatic heterocycles. The number of aryl methyl sites for hydroxylation is 1. The molecule has 1 saturated heterocycles. The van der Waals surface area contributed by atoms with E-state index in [2.05, 4.69) is 9.97 Å². The van der Waals surface area contributed by atoms with Crippen LogP contribution in [0.15, 0.2) is 4.79 Å². The molecule has 1 fully saturated rings. The lowest BCUT2D eigenvalue weighted by Crippen LogP contribution is -2.41. The normalized spacial score (nSPS) is 18.2. The molecule has 1 N–H and O–H groups in total. The Morgan fingerprint density at radius 3 is 2.61 bits per heavy atom. The van der Waals surface area contributed by atoms with Gasteiger partial charge >= 0.3 is 0 Å². The van der Waals surface area contributed by atoms with Crippen LogP contribution in [0.2, 0.25) is 0 Å². The van der Waals surface area contributed by atoms with Crippen molar-refractivity contribution in [1.29, 1.82) is 0 Å². The van der Waals surface area contributed by atoms with Gasteiger partial charge in [-0.1, -0.05) is 20.8 Å². The summed E-state index contributed by atoms with van der Waals surface area (Å²) in [4.78, 5) is 34.1. The number of likely N-dealkylation sites (N-methyl/N-ethyl adjacent to an activating group) is 1. The van der Waals surface area contributed by atoms with E-state index in [4.69, 9.17) is 4.74 Å². The quantitative estimate of drug-likeness (QED) is 0.920. The Bertz CT molecular complexity index is 625. The van der Waals surface area contributed by atoms with E-state index in [1.54, 1.807) is 11.8 Å². The van der Waals surface area contributed by atoms with Gasteiger partial charge in [0.2, 0.25) is 0 Å². The Kier molecular flexibility index (Phi) is 5.24. The molecule has 2 heterocycles. The largest absolute Gasteiger partial charge is 0.376 e. The van der Waals surface area contributed by atoms with E-state index in [0.717, 1.165) is 19.4 Å². The number of ether oxygens (including phenoxy) is 1. The second-order valence-corrected chi connectivity index (χ2v) is 7.10. The zero-order chi connectivity index (χ0) is 17.2. The van der Waals surface area contributed by atoms with Crippen LogP contribution in [0.4, 0.5) is 0 Å². The number of aromatic amines is 1. The summed E-state index contributed by atoms with van der Waals surface area (Å²) in [5.41, 5.74) is -0.0151. The highest BCUT2D eigenvalue weighted by Crippen LogP contribution is 2.18. The molecule has 23 heavy (non-hydrogen) atoms. The smallest absolute Gasteiger partial charge is 0.264 e. The van der Waals surface area contributed by atoms with Crippen LogP contribution in [0.3, 0.4) is 0 Å². The Morgan fingerprint density at radius 1 is 1.43 bits per heavy atom. The van der Waals surface area contributed by atoms with Crippen LogP contribution >= 0.6 is 0 Å². The van der Waals surface area contributed by atoms with Crippen LogP contribution in [-0.4, -0.2) is 46.6 Å². The summed E-state index contributed by atoms with van der Waals surface area (Å²) in [7, 11) is 0. The lowest BCUT2D eigenvalue weighted by molar-refractivity contribution is 0.0536. The van der Waals surface area contributed by atoms with E-state index in [1.165, 1.54) is 0 Å². The van der Waals surface area contributed by atoms with Crippen LogP contribution < -0.4 is 5.56 Å². The molecule has 0 unspecified atom stereocenters. The van der Waals surface area contributed by atoms with Gasteiger partial charge in [-0.2, -0.15) is 0 Å². The number of carbonyl (C=O) groups excluding carboxylic acids is 1. The van der Waals surface area contributed by atoms with Gasteiger partial charge in [-0.3, -0.25) is 9.59 Å². The van der Waals surface area contributed by atoms with Crippen molar-refractivity contribution in [3.63, 3.8) is 0 Å². The van der Waals surface area contributed by atoms with E-state index in [9.17, 15) is 9.59 Å². The maximum Gasteiger partial charge on any atom is 0.264 e. The zero-order valence-electron chi connectivity index (χ0n) is 14.7. The summed E-state index contributed by atoms with van der Waals surface area (Å²) in [5.74, 6) is 0.327. The molecule has 6 heteroatoms. The van der Waals surface area contributed by atoms with Crippen molar-refractivity contribution in [2.24, 2.45) is 0 Å². The third kappa shape index (κ3) is 3.99. The van der Waals surface area contributed by atoms with E-state index in [0.29, 0.717) is 24.6 Å². The van der Waals surface area contributed by atoms with E-state index >= 15 is 0 Å². The summed E-state index contributed by atoms with van der Waals surface area (Å²) < 4.78 is 5.60. The van der Waals surface area contributed by atoms with Gasteiger partial charge in [0.1, 0.15) is 11.4 Å². The number of H-pyrrole nitrogens is 1. The number of rotatable bonds is 4. The predicted molar refractivity (Wildman–Crippen MR) is 88.8 cm³/mol. The summed E-state index contributed by atoms with van der Waals surface area (Å²) in [5, 5.41) is 0. The second kappa shape index (κ2) is 6.83. The van der Waals surface area contributed by atoms with Crippen molar-refractivity contribution in [2.75, 3.05) is 19.7 Å². The van der Waals surface area contributed by atoms with E-state index in [-0.39, 0.29) is 28.5 Å². The van der Waals surface area contributed by atoms with Gasteiger partial charge in [0.25, 0.3) is 11.5 Å². The average molecular weight is 321 g/mol. The van der Waals surface area contributed by atoms with Crippen molar-refractivity contribution in [3.8, 4) is 0 Å². The van der Waals surface area contributed by atoms with Gasteiger partial charge < -0.3 is 14.6 Å². The predicted octanol–water partition coefficient (Wildman–Crippen LogP) is 2.02. The fourth-order valence-electron chi connectivity index (χ4n) is 2.74. The second-order valence-electron chi connectivity index (χ2n) is 7.10. The number of hydrogen-bond donors (Lipinski definition) is 1. The molecule has 1 aliphatic rings. The maximum atomic E-state index is 12.8. The highest BCUT2D eigenvalue weighted by atomic mass is 16.5. The molecule has 0 aliphatic carbocycles. The molecule has 2 rings (SSSR count). The number of nitrogens with zero attached hydrogens (tertiary/aromatic N) is 2. The van der Waals surface area contributed by atoms with Gasteiger partial charge in [-0.15, -0.1) is 0 Å². The minimum Gasteiger partial charge on any atom is -0.376 e. The fourth-order valence-corrected chi connectivity index (χ4v) is 2.74. The van der Waals surface area contributed by atoms with E-state index < -0.39 is 0 Å². The van der Waals surface area contributed by atoms with Crippen molar-refractivity contribution in [2.45, 2.75) is 59.0 Å². The van der Waals surface area contributed by atoms with Crippen LogP contribution in [0, 0.1) is 6.92 Å². The molecule has 0 aromatic carbocycles. The molecule has 0 bridgehead atoms. The van der Waals surface area contributed by atoms with Crippen molar-refractivity contribution in [3.05, 3.63) is 27.4 Å². The standard InChI is InChI=1S/C17H27N3O3/c1-6-20(10-12-8-7-9-23-12)15(22)13-11(2)18-16(17(3,4)5)19-14(13)21/h12H,6-10H2,1-5H3,(H,18,19,21)/t12-/m1/s1. The first kappa shape index (κ1) is 17.7. The summed E-state index contributed by atoms with van der Waals surface area (Å²) in [6.07, 6.45) is 2.05. The summed E-state index contributed by atoms with van der Waals surface area (Å²) >= 11 is 0. The zero-order valence-corrected chi connectivity index (χ0v) is 14.7. The Labute approximate surface area is 137 Å². The molecule has 1 aliphatic heterocycles. The maximum absolute atomic E-state index is 12.8. The summed E-state index contributed by atoms with van der Waals surface area (Å²) in [6.45, 7) is 11.4. The summed E-state index contributed by atoms with van der Waals surface area (Å²) in [6, 6.07) is 0. The molecule has 0 radical (unpaired) electrons. The van der Waals surface area contributed by atoms with Crippen LogP contribution in [-0.2, 0) is 10.2 Å². The van der Waals surface area contributed by atoms with Crippen molar-refractivity contribution < 1.29 is 9.53 Å². The van der Waals surface area contributed by atoms with Crippen molar-refractivity contribution in [1.82, 2.24) is 14.9 Å². The highest BCUT2D eigenvalue weighted by Gasteiger charge is 2.27. The van der Waals surface area contributed by atoms with Gasteiger partial charge in [-0.25, -0.2) is 4.98 Å². The molecule has 1 amide bonds. The van der Waals surface area contributed by atoms with Crippen LogP contribution in [0.25, 0.3) is 0 Å². The SMILES string of the molecule is CCN(C[C@H]1CCCO1)C(=O)c1c(C)nc(C(C)(C)C)[nH]c1=O. The number of aromatic nitrogens is 2. The Morgan fingerprint density at radius 2 is 2.13 bits per heavy atom. The van der Waals surface area contributed by atoms with Crippen molar-refractivity contribution >= 4 is 5.91 Å². The number of nitrogens with one attached hydrogen (secondary N) is 1. The first-order valence-corrected chi connectivity index (χ1v) is 8.26. The number of carbonyl (C=O) groups is 1.